The number of phenols is 1. The zero-order valence-electron chi connectivity index (χ0n) is 15.0. The summed E-state index contributed by atoms with van der Waals surface area (Å²) in [5, 5.41) is 14.1. The number of hydrogen-bond acceptors (Lipinski definition) is 3. The van der Waals surface area contributed by atoms with Crippen molar-refractivity contribution in [2.75, 3.05) is 0 Å². The first kappa shape index (κ1) is 18.8. The van der Waals surface area contributed by atoms with Gasteiger partial charge in [0, 0.05) is 23.6 Å². The van der Waals surface area contributed by atoms with E-state index >= 15 is 0 Å². The van der Waals surface area contributed by atoms with E-state index in [1.807, 2.05) is 13.8 Å². The van der Waals surface area contributed by atoms with Crippen LogP contribution in [0.2, 0.25) is 0 Å². The smallest absolute Gasteiger partial charge is 0.221 e. The SMILES string of the molecule is CC(C)CC(=O)NC(c1ccc(F)c(F)c1)c1cc2ncccc2cc1O. The molecule has 0 radical (unpaired) electrons. The molecule has 1 heterocycles. The third kappa shape index (κ3) is 4.22. The Hall–Kier alpha value is -3.02. The van der Waals surface area contributed by atoms with E-state index in [4.69, 9.17) is 0 Å². The lowest BCUT2D eigenvalue weighted by molar-refractivity contribution is -0.122. The monoisotopic (exact) mass is 370 g/mol. The first-order valence-electron chi connectivity index (χ1n) is 8.67. The van der Waals surface area contributed by atoms with Crippen molar-refractivity contribution >= 4 is 16.8 Å². The summed E-state index contributed by atoms with van der Waals surface area (Å²) in [6.45, 7) is 3.81. The molecule has 6 heteroatoms. The van der Waals surface area contributed by atoms with Gasteiger partial charge in [-0.3, -0.25) is 9.78 Å². The van der Waals surface area contributed by atoms with Crippen LogP contribution >= 0.6 is 0 Å². The Bertz CT molecular complexity index is 989. The predicted molar refractivity (Wildman–Crippen MR) is 99.2 cm³/mol. The lowest BCUT2D eigenvalue weighted by Crippen LogP contribution is -2.30. The number of nitrogens with one attached hydrogen (secondary N) is 1. The third-order valence-corrected chi connectivity index (χ3v) is 4.24. The molecule has 0 saturated carbocycles. The molecule has 140 valence electrons. The van der Waals surface area contributed by atoms with Gasteiger partial charge in [-0.15, -0.1) is 0 Å². The van der Waals surface area contributed by atoms with E-state index in [0.29, 0.717) is 16.6 Å². The van der Waals surface area contributed by atoms with E-state index in [1.165, 1.54) is 6.07 Å². The summed E-state index contributed by atoms with van der Waals surface area (Å²) in [5.74, 6) is -2.18. The molecule has 0 aliphatic rings. The van der Waals surface area contributed by atoms with E-state index in [0.717, 1.165) is 17.5 Å². The number of benzene rings is 2. The van der Waals surface area contributed by atoms with Crippen molar-refractivity contribution in [2.24, 2.45) is 5.92 Å². The number of aromatic hydroxyl groups is 1. The average Bonchev–Trinajstić information content (AvgIpc) is 2.61. The van der Waals surface area contributed by atoms with Crippen molar-refractivity contribution < 1.29 is 18.7 Å². The quantitative estimate of drug-likeness (QED) is 0.697. The van der Waals surface area contributed by atoms with Gasteiger partial charge in [-0.2, -0.15) is 0 Å². The summed E-state index contributed by atoms with van der Waals surface area (Å²) in [5.41, 5.74) is 1.32. The van der Waals surface area contributed by atoms with Crippen LogP contribution in [0, 0.1) is 17.6 Å². The number of phenolic OH excluding ortho intramolecular Hbond substituents is 1. The van der Waals surface area contributed by atoms with Crippen molar-refractivity contribution in [2.45, 2.75) is 26.3 Å². The number of rotatable bonds is 5. The van der Waals surface area contributed by atoms with Crippen LogP contribution in [0.4, 0.5) is 8.78 Å². The highest BCUT2D eigenvalue weighted by molar-refractivity contribution is 5.82. The van der Waals surface area contributed by atoms with Gasteiger partial charge in [0.1, 0.15) is 5.75 Å². The van der Waals surface area contributed by atoms with Crippen LogP contribution < -0.4 is 5.32 Å². The number of hydrogen-bond donors (Lipinski definition) is 2. The second-order valence-corrected chi connectivity index (χ2v) is 6.88. The molecular formula is C21H20F2N2O2. The Labute approximate surface area is 155 Å². The fourth-order valence-electron chi connectivity index (χ4n) is 2.98. The highest BCUT2D eigenvalue weighted by Gasteiger charge is 2.22. The molecule has 2 aromatic carbocycles. The van der Waals surface area contributed by atoms with E-state index < -0.39 is 17.7 Å². The van der Waals surface area contributed by atoms with Crippen LogP contribution in [-0.2, 0) is 4.79 Å². The van der Waals surface area contributed by atoms with Crippen molar-refractivity contribution in [1.82, 2.24) is 10.3 Å². The van der Waals surface area contributed by atoms with Gasteiger partial charge >= 0.3 is 0 Å². The normalized spacial score (nSPS) is 12.3. The van der Waals surface area contributed by atoms with E-state index in [-0.39, 0.29) is 24.0 Å². The van der Waals surface area contributed by atoms with Gasteiger partial charge in [0.15, 0.2) is 11.6 Å². The number of nitrogens with zero attached hydrogens (tertiary/aromatic N) is 1. The molecule has 4 nitrogen and oxygen atoms in total. The molecule has 0 bridgehead atoms. The van der Waals surface area contributed by atoms with Crippen molar-refractivity contribution in [1.29, 1.82) is 0 Å². The van der Waals surface area contributed by atoms with Crippen molar-refractivity contribution in [3.05, 3.63) is 71.4 Å². The molecule has 3 rings (SSSR count). The maximum absolute atomic E-state index is 13.8. The zero-order valence-corrected chi connectivity index (χ0v) is 15.0. The lowest BCUT2D eigenvalue weighted by atomic mass is 9.95. The Morgan fingerprint density at radius 2 is 1.93 bits per heavy atom. The van der Waals surface area contributed by atoms with Crippen LogP contribution in [-0.4, -0.2) is 16.0 Å². The van der Waals surface area contributed by atoms with Gasteiger partial charge in [-0.1, -0.05) is 26.0 Å². The molecule has 1 aromatic heterocycles. The lowest BCUT2D eigenvalue weighted by Gasteiger charge is -2.22. The van der Waals surface area contributed by atoms with Crippen molar-refractivity contribution in [3.8, 4) is 5.75 Å². The Morgan fingerprint density at radius 1 is 1.15 bits per heavy atom. The molecule has 0 saturated heterocycles. The van der Waals surface area contributed by atoms with Gasteiger partial charge in [-0.25, -0.2) is 8.78 Å². The first-order valence-corrected chi connectivity index (χ1v) is 8.67. The third-order valence-electron chi connectivity index (χ3n) is 4.24. The number of carbonyl (C=O) groups excluding carboxylic acids is 1. The summed E-state index contributed by atoms with van der Waals surface area (Å²) in [4.78, 5) is 16.6. The highest BCUT2D eigenvalue weighted by atomic mass is 19.2. The molecule has 1 unspecified atom stereocenters. The van der Waals surface area contributed by atoms with Crippen LogP contribution in [0.3, 0.4) is 0 Å². The van der Waals surface area contributed by atoms with Crippen LogP contribution in [0.5, 0.6) is 5.75 Å². The van der Waals surface area contributed by atoms with Gasteiger partial charge in [0.25, 0.3) is 0 Å². The fraction of sp³-hybridized carbons (Fsp3) is 0.238. The van der Waals surface area contributed by atoms with E-state index in [1.54, 1.807) is 30.5 Å². The molecule has 1 atom stereocenters. The Balaban J connectivity index is 2.09. The van der Waals surface area contributed by atoms with E-state index in [2.05, 4.69) is 10.3 Å². The molecule has 0 spiro atoms. The summed E-state index contributed by atoms with van der Waals surface area (Å²) in [6, 6.07) is 9.32. The van der Waals surface area contributed by atoms with Gasteiger partial charge in [-0.05, 0) is 41.8 Å². The predicted octanol–water partition coefficient (Wildman–Crippen LogP) is 4.47. The maximum Gasteiger partial charge on any atom is 0.221 e. The molecule has 3 aromatic rings. The van der Waals surface area contributed by atoms with Crippen LogP contribution in [0.25, 0.3) is 10.9 Å². The minimum atomic E-state index is -1.02. The summed E-state index contributed by atoms with van der Waals surface area (Å²) in [7, 11) is 0. The van der Waals surface area contributed by atoms with Crippen LogP contribution in [0.1, 0.15) is 37.4 Å². The second kappa shape index (κ2) is 7.70. The topological polar surface area (TPSA) is 62.2 Å². The first-order chi connectivity index (χ1) is 12.8. The summed E-state index contributed by atoms with van der Waals surface area (Å²) in [6.07, 6.45) is 1.89. The van der Waals surface area contributed by atoms with Crippen LogP contribution in [0.15, 0.2) is 48.7 Å². The molecular weight excluding hydrogens is 350 g/mol. The fourth-order valence-corrected chi connectivity index (χ4v) is 2.98. The summed E-state index contributed by atoms with van der Waals surface area (Å²) < 4.78 is 27.2. The highest BCUT2D eigenvalue weighted by Crippen LogP contribution is 2.33. The minimum absolute atomic E-state index is 0.0601. The zero-order chi connectivity index (χ0) is 19.6. The maximum atomic E-state index is 13.8. The Kier molecular flexibility index (Phi) is 5.35. The average molecular weight is 370 g/mol. The van der Waals surface area contributed by atoms with Gasteiger partial charge in [0.05, 0.1) is 11.6 Å². The molecule has 1 amide bonds. The summed E-state index contributed by atoms with van der Waals surface area (Å²) >= 11 is 0. The number of pyridine rings is 1. The molecule has 2 N–H and O–H groups in total. The molecule has 0 aliphatic carbocycles. The second-order valence-electron chi connectivity index (χ2n) is 6.88. The number of halogens is 2. The molecule has 27 heavy (non-hydrogen) atoms. The number of fused-ring (bicyclic) bond motifs is 1. The van der Waals surface area contributed by atoms with E-state index in [9.17, 15) is 18.7 Å². The number of aromatic nitrogens is 1. The largest absolute Gasteiger partial charge is 0.508 e. The number of carbonyl (C=O) groups is 1. The molecule has 0 fully saturated rings. The molecule has 0 aliphatic heterocycles. The van der Waals surface area contributed by atoms with Crippen molar-refractivity contribution in [3.63, 3.8) is 0 Å². The van der Waals surface area contributed by atoms with Gasteiger partial charge in [0.2, 0.25) is 5.91 Å². The van der Waals surface area contributed by atoms with Gasteiger partial charge < -0.3 is 10.4 Å². The standard InChI is InChI=1S/C21H20F2N2O2/c1-12(2)8-20(27)25-21(14-5-6-16(22)17(23)9-14)15-11-18-13(10-19(15)26)4-3-7-24-18/h3-7,9-12,21,26H,8H2,1-2H3,(H,25,27). The Morgan fingerprint density at radius 3 is 2.63 bits per heavy atom. The number of amides is 1. The minimum Gasteiger partial charge on any atom is -0.508 e.